The molecule has 0 aliphatic carbocycles. The highest BCUT2D eigenvalue weighted by Gasteiger charge is 2.32. The Hall–Kier alpha value is -3.01. The molecule has 172 valence electrons. The Morgan fingerprint density at radius 3 is 2.55 bits per heavy atom. The van der Waals surface area contributed by atoms with Crippen molar-refractivity contribution in [2.45, 2.75) is 51.9 Å². The first kappa shape index (κ1) is 24.3. The van der Waals surface area contributed by atoms with Crippen molar-refractivity contribution in [1.29, 1.82) is 0 Å². The van der Waals surface area contributed by atoms with Crippen LogP contribution < -0.4 is 25.0 Å². The van der Waals surface area contributed by atoms with Crippen LogP contribution >= 0.6 is 0 Å². The summed E-state index contributed by atoms with van der Waals surface area (Å²) in [7, 11) is 1.55. The zero-order valence-corrected chi connectivity index (χ0v) is 18.8. The van der Waals surface area contributed by atoms with Crippen LogP contribution in [0.25, 0.3) is 0 Å². The van der Waals surface area contributed by atoms with Gasteiger partial charge < -0.3 is 34.9 Å². The number of benzene rings is 1. The van der Waals surface area contributed by atoms with Gasteiger partial charge in [0.1, 0.15) is 29.7 Å². The summed E-state index contributed by atoms with van der Waals surface area (Å²) in [5.74, 6) is 0.0196. The lowest BCUT2D eigenvalue weighted by Crippen LogP contribution is -2.50. The zero-order chi connectivity index (χ0) is 23.4. The number of rotatable bonds is 6. The van der Waals surface area contributed by atoms with Gasteiger partial charge in [0.15, 0.2) is 6.61 Å². The van der Waals surface area contributed by atoms with Crippen LogP contribution in [0.3, 0.4) is 0 Å². The normalized spacial score (nSPS) is 16.5. The highest BCUT2D eigenvalue weighted by Crippen LogP contribution is 2.34. The van der Waals surface area contributed by atoms with Crippen molar-refractivity contribution in [3.05, 3.63) is 18.2 Å². The van der Waals surface area contributed by atoms with E-state index < -0.39 is 23.3 Å². The molecule has 0 fully saturated rings. The average molecular weight is 437 g/mol. The Bertz CT molecular complexity index is 827. The van der Waals surface area contributed by atoms with E-state index in [4.69, 9.17) is 14.2 Å². The van der Waals surface area contributed by atoms with E-state index >= 15 is 0 Å². The molecular formula is C21H31N3O7. The van der Waals surface area contributed by atoms with Crippen molar-refractivity contribution in [3.63, 3.8) is 0 Å². The minimum absolute atomic E-state index is 0.0605. The van der Waals surface area contributed by atoms with Gasteiger partial charge in [-0.1, -0.05) is 0 Å². The first-order valence-electron chi connectivity index (χ1n) is 9.91. The van der Waals surface area contributed by atoms with E-state index in [1.807, 2.05) is 0 Å². The number of aliphatic hydroxyl groups is 1. The molecule has 1 aliphatic heterocycles. The Balaban J connectivity index is 2.03. The average Bonchev–Trinajstić information content (AvgIpc) is 2.75. The number of likely N-dealkylation sites (N-methyl/N-ethyl adjacent to an activating group) is 1. The third-order valence-corrected chi connectivity index (χ3v) is 4.10. The number of fused-ring (bicyclic) bond motifs is 1. The van der Waals surface area contributed by atoms with E-state index in [1.165, 1.54) is 4.90 Å². The van der Waals surface area contributed by atoms with E-state index in [0.717, 1.165) is 0 Å². The topological polar surface area (TPSA) is 126 Å². The van der Waals surface area contributed by atoms with Gasteiger partial charge in [0.25, 0.3) is 11.8 Å². The highest BCUT2D eigenvalue weighted by molar-refractivity contribution is 6.00. The molecule has 1 aliphatic rings. The molecule has 1 aromatic rings. The van der Waals surface area contributed by atoms with Crippen molar-refractivity contribution in [3.8, 4) is 11.5 Å². The number of ether oxygens (including phenoxy) is 3. The van der Waals surface area contributed by atoms with Crippen LogP contribution in [-0.2, 0) is 14.3 Å². The van der Waals surface area contributed by atoms with E-state index in [1.54, 1.807) is 59.9 Å². The SMILES string of the molecule is CN1C(=O)[C@@H](NC(=O)OC(C)(C)C)COc2ccc(OCC(=O)NCC(C)(C)O)cc21. The quantitative estimate of drug-likeness (QED) is 0.610. The fourth-order valence-electron chi connectivity index (χ4n) is 2.64. The maximum absolute atomic E-state index is 12.8. The molecule has 0 spiro atoms. The van der Waals surface area contributed by atoms with Crippen LogP contribution in [-0.4, -0.2) is 67.1 Å². The number of anilines is 1. The van der Waals surface area contributed by atoms with Crippen molar-refractivity contribution >= 4 is 23.6 Å². The van der Waals surface area contributed by atoms with Gasteiger partial charge in [0.2, 0.25) is 0 Å². The van der Waals surface area contributed by atoms with Crippen LogP contribution in [0.5, 0.6) is 11.5 Å². The predicted octanol–water partition coefficient (Wildman–Crippen LogP) is 1.20. The lowest BCUT2D eigenvalue weighted by molar-refractivity contribution is -0.124. The number of nitrogens with one attached hydrogen (secondary N) is 2. The van der Waals surface area contributed by atoms with Crippen LogP contribution in [0.15, 0.2) is 18.2 Å². The molecule has 0 saturated carbocycles. The van der Waals surface area contributed by atoms with Crippen molar-refractivity contribution in [1.82, 2.24) is 10.6 Å². The Kier molecular flexibility index (Phi) is 7.37. The number of hydrogen-bond acceptors (Lipinski definition) is 7. The molecule has 1 aromatic carbocycles. The van der Waals surface area contributed by atoms with Crippen LogP contribution in [0.2, 0.25) is 0 Å². The zero-order valence-electron chi connectivity index (χ0n) is 18.8. The van der Waals surface area contributed by atoms with Crippen molar-refractivity contribution in [2.75, 3.05) is 31.7 Å². The maximum Gasteiger partial charge on any atom is 0.408 e. The van der Waals surface area contributed by atoms with Crippen molar-refractivity contribution in [2.24, 2.45) is 0 Å². The monoisotopic (exact) mass is 437 g/mol. The van der Waals surface area contributed by atoms with Gasteiger partial charge in [0.05, 0.1) is 11.3 Å². The van der Waals surface area contributed by atoms with Gasteiger partial charge >= 0.3 is 6.09 Å². The van der Waals surface area contributed by atoms with E-state index in [0.29, 0.717) is 17.2 Å². The van der Waals surface area contributed by atoms with Gasteiger partial charge in [-0.2, -0.15) is 0 Å². The third-order valence-electron chi connectivity index (χ3n) is 4.10. The molecule has 31 heavy (non-hydrogen) atoms. The van der Waals surface area contributed by atoms with Crippen LogP contribution in [0.1, 0.15) is 34.6 Å². The molecule has 0 aromatic heterocycles. The molecule has 3 amide bonds. The van der Waals surface area contributed by atoms with Gasteiger partial charge in [-0.15, -0.1) is 0 Å². The van der Waals surface area contributed by atoms with Gasteiger partial charge in [-0.3, -0.25) is 9.59 Å². The number of carbonyl (C=O) groups is 3. The van der Waals surface area contributed by atoms with Crippen LogP contribution in [0.4, 0.5) is 10.5 Å². The second-order valence-electron chi connectivity index (χ2n) is 8.91. The summed E-state index contributed by atoms with van der Waals surface area (Å²) in [5, 5.41) is 14.8. The molecule has 10 heteroatoms. The Morgan fingerprint density at radius 2 is 1.94 bits per heavy atom. The summed E-state index contributed by atoms with van der Waals surface area (Å²) >= 11 is 0. The van der Waals surface area contributed by atoms with E-state index in [9.17, 15) is 19.5 Å². The molecule has 0 saturated heterocycles. The number of amides is 3. The number of alkyl carbamates (subject to hydrolysis) is 1. The highest BCUT2D eigenvalue weighted by atomic mass is 16.6. The fourth-order valence-corrected chi connectivity index (χ4v) is 2.64. The molecule has 1 heterocycles. The maximum atomic E-state index is 12.8. The predicted molar refractivity (Wildman–Crippen MR) is 113 cm³/mol. The molecule has 0 radical (unpaired) electrons. The largest absolute Gasteiger partial charge is 0.489 e. The van der Waals surface area contributed by atoms with Gasteiger partial charge in [-0.05, 0) is 46.8 Å². The molecular weight excluding hydrogens is 406 g/mol. The lowest BCUT2D eigenvalue weighted by Gasteiger charge is -2.23. The molecule has 10 nitrogen and oxygen atoms in total. The third kappa shape index (κ3) is 7.63. The van der Waals surface area contributed by atoms with Gasteiger partial charge in [-0.25, -0.2) is 4.79 Å². The first-order chi connectivity index (χ1) is 14.2. The summed E-state index contributed by atoms with van der Waals surface area (Å²) in [5.41, 5.74) is -1.28. The molecule has 0 unspecified atom stereocenters. The van der Waals surface area contributed by atoms with E-state index in [-0.39, 0.29) is 31.6 Å². The standard InChI is InChI=1S/C21H31N3O7/c1-20(2,3)31-19(27)23-14-10-30-16-8-7-13(9-15(16)24(6)18(14)26)29-11-17(25)22-12-21(4,5)28/h7-9,14,28H,10-12H2,1-6H3,(H,22,25)(H,23,27)/t14-/m0/s1. The second kappa shape index (κ2) is 9.42. The minimum atomic E-state index is -1.02. The summed E-state index contributed by atoms with van der Waals surface area (Å²) in [6.45, 7) is 8.13. The summed E-state index contributed by atoms with van der Waals surface area (Å²) in [6.07, 6.45) is -0.713. The number of carbonyl (C=O) groups excluding carboxylic acids is 3. The fraction of sp³-hybridized carbons (Fsp3) is 0.571. The Morgan fingerprint density at radius 1 is 1.26 bits per heavy atom. The molecule has 1 atom stereocenters. The summed E-state index contributed by atoms with van der Waals surface area (Å²) in [6, 6.07) is 3.89. The van der Waals surface area contributed by atoms with E-state index in [2.05, 4.69) is 10.6 Å². The smallest absolute Gasteiger partial charge is 0.408 e. The number of hydrogen-bond donors (Lipinski definition) is 3. The van der Waals surface area contributed by atoms with Crippen molar-refractivity contribution < 1.29 is 33.7 Å². The summed E-state index contributed by atoms with van der Waals surface area (Å²) < 4.78 is 16.4. The van der Waals surface area contributed by atoms with Gasteiger partial charge in [0, 0.05) is 19.7 Å². The Labute approximate surface area is 181 Å². The first-order valence-corrected chi connectivity index (χ1v) is 9.91. The second-order valence-corrected chi connectivity index (χ2v) is 8.91. The minimum Gasteiger partial charge on any atom is -0.489 e. The molecule has 0 bridgehead atoms. The number of nitrogens with zero attached hydrogens (tertiary/aromatic N) is 1. The van der Waals surface area contributed by atoms with Crippen LogP contribution in [0, 0.1) is 0 Å². The molecule has 2 rings (SSSR count). The summed E-state index contributed by atoms with van der Waals surface area (Å²) in [4.78, 5) is 38.1. The lowest BCUT2D eigenvalue weighted by atomic mass is 10.1. The molecule has 3 N–H and O–H groups in total.